The molecule has 2 heterocycles. The third kappa shape index (κ3) is 4.71. The SMILES string of the molecule is CC.O=C(c1cccc(C(F)(F)F)c1Cl)N1CCc2c(ncnc2-c2ccccc2)C1. The maximum atomic E-state index is 13.1. The molecule has 0 unspecified atom stereocenters. The molecule has 1 aliphatic rings. The fourth-order valence-electron chi connectivity index (χ4n) is 3.46. The molecule has 162 valence electrons. The van der Waals surface area contributed by atoms with Gasteiger partial charge in [0.15, 0.2) is 0 Å². The fraction of sp³-hybridized carbons (Fsp3) is 0.261. The second-order valence-electron chi connectivity index (χ2n) is 6.66. The van der Waals surface area contributed by atoms with Gasteiger partial charge in [0.05, 0.1) is 34.1 Å². The molecule has 8 heteroatoms. The monoisotopic (exact) mass is 447 g/mol. The number of fused-ring (bicyclic) bond motifs is 1. The Bertz CT molecular complexity index is 1070. The van der Waals surface area contributed by atoms with E-state index in [0.717, 1.165) is 22.9 Å². The predicted molar refractivity (Wildman–Crippen MR) is 114 cm³/mol. The van der Waals surface area contributed by atoms with Gasteiger partial charge in [0.2, 0.25) is 0 Å². The second kappa shape index (κ2) is 9.47. The predicted octanol–water partition coefficient (Wildman–Crippen LogP) is 6.04. The molecular weight excluding hydrogens is 427 g/mol. The second-order valence-corrected chi connectivity index (χ2v) is 7.03. The number of hydrogen-bond acceptors (Lipinski definition) is 3. The summed E-state index contributed by atoms with van der Waals surface area (Å²) < 4.78 is 39.3. The van der Waals surface area contributed by atoms with Crippen molar-refractivity contribution >= 4 is 17.5 Å². The molecule has 1 amide bonds. The van der Waals surface area contributed by atoms with Crippen LogP contribution in [0.15, 0.2) is 54.9 Å². The van der Waals surface area contributed by atoms with Crippen LogP contribution >= 0.6 is 11.6 Å². The van der Waals surface area contributed by atoms with E-state index in [1.807, 2.05) is 44.2 Å². The van der Waals surface area contributed by atoms with Crippen molar-refractivity contribution in [1.82, 2.24) is 14.9 Å². The highest BCUT2D eigenvalue weighted by Gasteiger charge is 2.35. The van der Waals surface area contributed by atoms with E-state index in [2.05, 4.69) is 9.97 Å². The van der Waals surface area contributed by atoms with E-state index in [-0.39, 0.29) is 12.1 Å². The lowest BCUT2D eigenvalue weighted by molar-refractivity contribution is -0.137. The molecule has 0 fully saturated rings. The van der Waals surface area contributed by atoms with E-state index in [0.29, 0.717) is 18.7 Å². The third-order valence-corrected chi connectivity index (χ3v) is 5.28. The smallest absolute Gasteiger partial charge is 0.332 e. The zero-order chi connectivity index (χ0) is 22.6. The minimum absolute atomic E-state index is 0.165. The van der Waals surface area contributed by atoms with E-state index in [4.69, 9.17) is 11.6 Å². The van der Waals surface area contributed by atoms with Crippen molar-refractivity contribution in [3.8, 4) is 11.3 Å². The molecule has 0 spiro atoms. The zero-order valence-corrected chi connectivity index (χ0v) is 17.8. The van der Waals surface area contributed by atoms with Gasteiger partial charge < -0.3 is 4.90 Å². The first-order valence-electron chi connectivity index (χ1n) is 9.89. The first kappa shape index (κ1) is 22.7. The van der Waals surface area contributed by atoms with Gasteiger partial charge in [-0.05, 0) is 18.6 Å². The summed E-state index contributed by atoms with van der Waals surface area (Å²) in [6, 6.07) is 13.0. The van der Waals surface area contributed by atoms with Gasteiger partial charge in [-0.3, -0.25) is 4.79 Å². The average molecular weight is 448 g/mol. The van der Waals surface area contributed by atoms with Crippen LogP contribution in [0.25, 0.3) is 11.3 Å². The Morgan fingerprint density at radius 1 is 1.03 bits per heavy atom. The van der Waals surface area contributed by atoms with Crippen molar-refractivity contribution in [2.24, 2.45) is 0 Å². The Balaban J connectivity index is 0.00000132. The van der Waals surface area contributed by atoms with Crippen molar-refractivity contribution in [2.75, 3.05) is 6.54 Å². The van der Waals surface area contributed by atoms with Crippen LogP contribution in [-0.4, -0.2) is 27.3 Å². The number of hydrogen-bond donors (Lipinski definition) is 0. The molecule has 4 nitrogen and oxygen atoms in total. The van der Waals surface area contributed by atoms with Crippen LogP contribution in [0, 0.1) is 0 Å². The number of rotatable bonds is 2. The highest BCUT2D eigenvalue weighted by Crippen LogP contribution is 2.37. The van der Waals surface area contributed by atoms with Crippen LogP contribution in [0.3, 0.4) is 0 Å². The van der Waals surface area contributed by atoms with E-state index in [9.17, 15) is 18.0 Å². The Morgan fingerprint density at radius 2 is 1.74 bits per heavy atom. The lowest BCUT2D eigenvalue weighted by Crippen LogP contribution is -2.37. The highest BCUT2D eigenvalue weighted by atomic mass is 35.5. The summed E-state index contributed by atoms with van der Waals surface area (Å²) in [6.45, 7) is 4.52. The molecular formula is C23H21ClF3N3O. The van der Waals surface area contributed by atoms with Crippen LogP contribution in [-0.2, 0) is 19.1 Å². The Hall–Kier alpha value is -2.93. The number of nitrogens with zero attached hydrogens (tertiary/aromatic N) is 3. The molecule has 3 aromatic rings. The molecule has 4 rings (SSSR count). The van der Waals surface area contributed by atoms with Gasteiger partial charge in [0.25, 0.3) is 5.91 Å². The normalized spacial score (nSPS) is 13.2. The maximum absolute atomic E-state index is 13.1. The summed E-state index contributed by atoms with van der Waals surface area (Å²) in [5.41, 5.74) is 2.20. The molecule has 2 aromatic carbocycles. The maximum Gasteiger partial charge on any atom is 0.417 e. The lowest BCUT2D eigenvalue weighted by atomic mass is 9.98. The molecule has 0 saturated carbocycles. The summed E-state index contributed by atoms with van der Waals surface area (Å²) >= 11 is 5.92. The molecule has 0 radical (unpaired) electrons. The summed E-state index contributed by atoms with van der Waals surface area (Å²) in [4.78, 5) is 23.0. The number of carbonyl (C=O) groups is 1. The van der Waals surface area contributed by atoms with Gasteiger partial charge in [-0.1, -0.05) is 61.8 Å². The van der Waals surface area contributed by atoms with Gasteiger partial charge in [-0.2, -0.15) is 13.2 Å². The number of carbonyl (C=O) groups excluding carboxylic acids is 1. The number of alkyl halides is 3. The van der Waals surface area contributed by atoms with Gasteiger partial charge in [-0.15, -0.1) is 0 Å². The summed E-state index contributed by atoms with van der Waals surface area (Å²) in [7, 11) is 0. The van der Waals surface area contributed by atoms with Crippen LogP contribution in [0.5, 0.6) is 0 Å². The standard InChI is InChI=1S/C21H15ClF3N3O.C2H6/c22-18-15(7-4-8-16(18)21(23,24)25)20(29)28-10-9-14-17(11-28)26-12-27-19(14)13-5-2-1-3-6-13;1-2/h1-8,12H,9-11H2;1-2H3. The van der Waals surface area contributed by atoms with Crippen LogP contribution in [0.1, 0.15) is 41.0 Å². The minimum atomic E-state index is -4.63. The van der Waals surface area contributed by atoms with E-state index < -0.39 is 22.7 Å². The Morgan fingerprint density at radius 3 is 2.42 bits per heavy atom. The van der Waals surface area contributed by atoms with E-state index >= 15 is 0 Å². The van der Waals surface area contributed by atoms with Crippen molar-refractivity contribution in [3.63, 3.8) is 0 Å². The molecule has 1 aliphatic heterocycles. The van der Waals surface area contributed by atoms with Crippen molar-refractivity contribution in [2.45, 2.75) is 33.0 Å². The highest BCUT2D eigenvalue weighted by molar-refractivity contribution is 6.34. The summed E-state index contributed by atoms with van der Waals surface area (Å²) in [5.74, 6) is -0.549. The average Bonchev–Trinajstić information content (AvgIpc) is 2.79. The zero-order valence-electron chi connectivity index (χ0n) is 17.1. The van der Waals surface area contributed by atoms with E-state index in [1.165, 1.54) is 23.4 Å². The number of amides is 1. The first-order chi connectivity index (χ1) is 14.9. The number of aromatic nitrogens is 2. The molecule has 0 aliphatic carbocycles. The number of halogens is 4. The Kier molecular flexibility index (Phi) is 6.95. The topological polar surface area (TPSA) is 46.1 Å². The molecule has 0 atom stereocenters. The van der Waals surface area contributed by atoms with Crippen LogP contribution in [0.2, 0.25) is 5.02 Å². The van der Waals surface area contributed by atoms with Gasteiger partial charge in [0, 0.05) is 17.7 Å². The van der Waals surface area contributed by atoms with Crippen LogP contribution in [0.4, 0.5) is 13.2 Å². The fourth-order valence-corrected chi connectivity index (χ4v) is 3.77. The largest absolute Gasteiger partial charge is 0.417 e. The third-order valence-electron chi connectivity index (χ3n) is 4.88. The summed E-state index contributed by atoms with van der Waals surface area (Å²) in [6.07, 6.45) is -2.69. The molecule has 0 saturated heterocycles. The minimum Gasteiger partial charge on any atom is -0.332 e. The molecule has 0 N–H and O–H groups in total. The van der Waals surface area contributed by atoms with Crippen LogP contribution < -0.4 is 0 Å². The van der Waals surface area contributed by atoms with Crippen molar-refractivity contribution < 1.29 is 18.0 Å². The van der Waals surface area contributed by atoms with Crippen molar-refractivity contribution in [1.29, 1.82) is 0 Å². The first-order valence-corrected chi connectivity index (χ1v) is 10.3. The van der Waals surface area contributed by atoms with Crippen molar-refractivity contribution in [3.05, 3.63) is 82.3 Å². The number of benzene rings is 2. The van der Waals surface area contributed by atoms with Gasteiger partial charge >= 0.3 is 6.18 Å². The lowest BCUT2D eigenvalue weighted by Gasteiger charge is -2.29. The molecule has 31 heavy (non-hydrogen) atoms. The molecule has 0 bridgehead atoms. The quantitative estimate of drug-likeness (QED) is 0.481. The molecule has 1 aromatic heterocycles. The van der Waals surface area contributed by atoms with E-state index in [1.54, 1.807) is 0 Å². The Labute approximate surface area is 183 Å². The van der Waals surface area contributed by atoms with Gasteiger partial charge in [0.1, 0.15) is 6.33 Å². The summed E-state index contributed by atoms with van der Waals surface area (Å²) in [5, 5.41) is -0.580. The van der Waals surface area contributed by atoms with Gasteiger partial charge in [-0.25, -0.2) is 9.97 Å².